The number of hydrogen-bond acceptors (Lipinski definition) is 3. The highest BCUT2D eigenvalue weighted by Crippen LogP contribution is 2.23. The van der Waals surface area contributed by atoms with Gasteiger partial charge in [-0.05, 0) is 64.6 Å². The van der Waals surface area contributed by atoms with Crippen LogP contribution in [0, 0.1) is 3.57 Å². The maximum Gasteiger partial charge on any atom is 0.209 e. The Balaban J connectivity index is 1.67. The summed E-state index contributed by atoms with van der Waals surface area (Å²) >= 11 is 9.80. The van der Waals surface area contributed by atoms with E-state index >= 15 is 0 Å². The van der Waals surface area contributed by atoms with Gasteiger partial charge in [-0.25, -0.2) is 4.98 Å². The summed E-state index contributed by atoms with van der Waals surface area (Å²) in [7, 11) is 0. The molecule has 21 heavy (non-hydrogen) atoms. The molecule has 0 amide bonds. The fourth-order valence-corrected chi connectivity index (χ4v) is 3.02. The van der Waals surface area contributed by atoms with Crippen LogP contribution in [0.2, 0.25) is 5.02 Å². The third-order valence-corrected chi connectivity index (χ3v) is 4.75. The lowest BCUT2D eigenvalue weighted by Gasteiger charge is -1.98. The fraction of sp³-hybridized carbons (Fsp3) is 0.0667. The molecule has 106 valence electrons. The third kappa shape index (κ3) is 3.99. The number of hydrogen-bond donors (Lipinski definition) is 1. The molecule has 3 rings (SSSR count). The van der Waals surface area contributed by atoms with E-state index in [1.54, 1.807) is 11.8 Å². The van der Waals surface area contributed by atoms with Crippen LogP contribution in [0.3, 0.4) is 0 Å². The normalized spacial score (nSPS) is 10.8. The number of halogens is 2. The molecule has 0 unspecified atom stereocenters. The minimum absolute atomic E-state index is 0.714. The van der Waals surface area contributed by atoms with Crippen molar-refractivity contribution in [2.24, 2.45) is 0 Å². The number of benzene rings is 2. The smallest absolute Gasteiger partial charge is 0.209 e. The first-order chi connectivity index (χ1) is 10.2. The Kier molecular flexibility index (Phi) is 4.82. The molecule has 0 atom stereocenters. The summed E-state index contributed by atoms with van der Waals surface area (Å²) in [6, 6.07) is 16.0. The van der Waals surface area contributed by atoms with Gasteiger partial charge < -0.3 is 0 Å². The molecule has 3 aromatic rings. The van der Waals surface area contributed by atoms with Gasteiger partial charge in [0.15, 0.2) is 5.82 Å². The van der Waals surface area contributed by atoms with E-state index in [9.17, 15) is 0 Å². The summed E-state index contributed by atoms with van der Waals surface area (Å²) < 4.78 is 1.24. The lowest BCUT2D eigenvalue weighted by molar-refractivity contribution is 0.973. The van der Waals surface area contributed by atoms with Crippen LogP contribution in [0.1, 0.15) is 5.56 Å². The summed E-state index contributed by atoms with van der Waals surface area (Å²) in [6.07, 6.45) is 0. The highest BCUT2D eigenvalue weighted by Gasteiger charge is 2.06. The van der Waals surface area contributed by atoms with Crippen molar-refractivity contribution in [3.63, 3.8) is 0 Å². The number of aromatic amines is 1. The zero-order valence-corrected chi connectivity index (χ0v) is 14.6. The lowest BCUT2D eigenvalue weighted by Crippen LogP contribution is -1.82. The maximum absolute atomic E-state index is 5.88. The Morgan fingerprint density at radius 3 is 2.48 bits per heavy atom. The van der Waals surface area contributed by atoms with Crippen LogP contribution in [-0.2, 0) is 5.75 Å². The van der Waals surface area contributed by atoms with Crippen molar-refractivity contribution in [1.29, 1.82) is 0 Å². The van der Waals surface area contributed by atoms with E-state index in [4.69, 9.17) is 11.6 Å². The van der Waals surface area contributed by atoms with Crippen molar-refractivity contribution >= 4 is 46.0 Å². The molecule has 0 saturated heterocycles. The molecule has 0 aliphatic heterocycles. The molecule has 0 radical (unpaired) electrons. The number of thioether (sulfide) groups is 1. The maximum atomic E-state index is 5.88. The first-order valence-electron chi connectivity index (χ1n) is 6.26. The molecule has 0 spiro atoms. The minimum atomic E-state index is 0.714. The predicted molar refractivity (Wildman–Crippen MR) is 95.5 cm³/mol. The van der Waals surface area contributed by atoms with Crippen molar-refractivity contribution < 1.29 is 0 Å². The van der Waals surface area contributed by atoms with Crippen LogP contribution in [-0.4, -0.2) is 15.2 Å². The molecule has 0 aliphatic carbocycles. The van der Waals surface area contributed by atoms with Crippen LogP contribution in [0.5, 0.6) is 0 Å². The summed E-state index contributed by atoms with van der Waals surface area (Å²) in [6.45, 7) is 0. The van der Waals surface area contributed by atoms with Crippen LogP contribution < -0.4 is 0 Å². The Morgan fingerprint density at radius 1 is 1.05 bits per heavy atom. The number of rotatable bonds is 4. The molecule has 0 saturated carbocycles. The number of H-pyrrole nitrogens is 1. The first kappa shape index (κ1) is 14.9. The van der Waals surface area contributed by atoms with Crippen LogP contribution in [0.25, 0.3) is 11.4 Å². The second kappa shape index (κ2) is 6.81. The number of nitrogens with one attached hydrogen (secondary N) is 1. The standard InChI is InChI=1S/C15H11ClIN3S/c16-12-5-3-11(4-6-12)14-18-15(20-19-14)21-9-10-1-7-13(17)8-2-10/h1-8H,9H2,(H,18,19,20). The average Bonchev–Trinajstić information content (AvgIpc) is 2.96. The van der Waals surface area contributed by atoms with Gasteiger partial charge in [0.1, 0.15) is 0 Å². The molecule has 6 heteroatoms. The molecule has 1 aromatic heterocycles. The Hall–Kier alpha value is -1.05. The van der Waals surface area contributed by atoms with Crippen LogP contribution >= 0.6 is 46.0 Å². The average molecular weight is 428 g/mol. The van der Waals surface area contributed by atoms with Gasteiger partial charge in [0.05, 0.1) is 0 Å². The zero-order valence-electron chi connectivity index (χ0n) is 10.9. The van der Waals surface area contributed by atoms with E-state index in [1.807, 2.05) is 24.3 Å². The van der Waals surface area contributed by atoms with Gasteiger partial charge >= 0.3 is 0 Å². The van der Waals surface area contributed by atoms with E-state index in [1.165, 1.54) is 9.13 Å². The van der Waals surface area contributed by atoms with Crippen molar-refractivity contribution in [3.05, 3.63) is 62.7 Å². The van der Waals surface area contributed by atoms with E-state index in [0.717, 1.165) is 22.3 Å². The Labute approximate surface area is 145 Å². The van der Waals surface area contributed by atoms with Gasteiger partial charge in [0.2, 0.25) is 5.16 Å². The predicted octanol–water partition coefficient (Wildman–Crippen LogP) is 5.02. The Bertz CT molecular complexity index is 725. The van der Waals surface area contributed by atoms with Crippen LogP contribution in [0.4, 0.5) is 0 Å². The molecule has 0 fully saturated rings. The summed E-state index contributed by atoms with van der Waals surface area (Å²) in [5.74, 6) is 1.62. The second-order valence-corrected chi connectivity index (χ2v) is 7.01. The van der Waals surface area contributed by atoms with Crippen LogP contribution in [0.15, 0.2) is 53.7 Å². The van der Waals surface area contributed by atoms with E-state index in [2.05, 4.69) is 62.0 Å². The molecule has 2 aromatic carbocycles. The summed E-state index contributed by atoms with van der Waals surface area (Å²) in [5.41, 5.74) is 2.24. The number of aromatic nitrogens is 3. The van der Waals surface area contributed by atoms with Gasteiger partial charge in [-0.3, -0.25) is 5.10 Å². The van der Waals surface area contributed by atoms with Gasteiger partial charge in [0, 0.05) is 19.9 Å². The monoisotopic (exact) mass is 427 g/mol. The summed E-state index contributed by atoms with van der Waals surface area (Å²) in [4.78, 5) is 4.49. The first-order valence-corrected chi connectivity index (χ1v) is 8.70. The molecular formula is C15H11ClIN3S. The Morgan fingerprint density at radius 2 is 1.76 bits per heavy atom. The van der Waals surface area contributed by atoms with Gasteiger partial charge in [-0.1, -0.05) is 35.5 Å². The van der Waals surface area contributed by atoms with E-state index in [-0.39, 0.29) is 0 Å². The zero-order chi connectivity index (χ0) is 14.7. The molecular weight excluding hydrogens is 417 g/mol. The number of nitrogens with zero attached hydrogens (tertiary/aromatic N) is 2. The SMILES string of the molecule is Clc1ccc(-c2nc(SCc3ccc(I)cc3)n[nH]2)cc1. The van der Waals surface area contributed by atoms with Crippen molar-refractivity contribution in [1.82, 2.24) is 15.2 Å². The van der Waals surface area contributed by atoms with E-state index in [0.29, 0.717) is 5.02 Å². The molecule has 0 aliphatic rings. The van der Waals surface area contributed by atoms with Crippen molar-refractivity contribution in [2.75, 3.05) is 0 Å². The third-order valence-electron chi connectivity index (χ3n) is 2.86. The minimum Gasteiger partial charge on any atom is -0.258 e. The quantitative estimate of drug-likeness (QED) is 0.469. The molecule has 0 bridgehead atoms. The van der Waals surface area contributed by atoms with E-state index < -0.39 is 0 Å². The van der Waals surface area contributed by atoms with Gasteiger partial charge in [-0.15, -0.1) is 5.10 Å². The van der Waals surface area contributed by atoms with Gasteiger partial charge in [-0.2, -0.15) is 0 Å². The molecule has 3 nitrogen and oxygen atoms in total. The highest BCUT2D eigenvalue weighted by atomic mass is 127. The second-order valence-electron chi connectivity index (χ2n) is 4.39. The largest absolute Gasteiger partial charge is 0.258 e. The van der Waals surface area contributed by atoms with Crippen molar-refractivity contribution in [3.8, 4) is 11.4 Å². The lowest BCUT2D eigenvalue weighted by atomic mass is 10.2. The summed E-state index contributed by atoms with van der Waals surface area (Å²) in [5, 5.41) is 8.66. The molecule has 1 N–H and O–H groups in total. The molecule has 1 heterocycles. The van der Waals surface area contributed by atoms with Gasteiger partial charge in [0.25, 0.3) is 0 Å². The highest BCUT2D eigenvalue weighted by molar-refractivity contribution is 14.1. The topological polar surface area (TPSA) is 41.6 Å². The van der Waals surface area contributed by atoms with Crippen molar-refractivity contribution in [2.45, 2.75) is 10.9 Å². The fourth-order valence-electron chi connectivity index (χ4n) is 1.78.